The minimum absolute atomic E-state index is 0.101. The molecule has 4 unspecified atom stereocenters. The molecule has 0 aliphatic heterocycles. The summed E-state index contributed by atoms with van der Waals surface area (Å²) in [6, 6.07) is 7.33. The van der Waals surface area contributed by atoms with Crippen LogP contribution in [-0.4, -0.2) is 0 Å². The molecule has 0 nitrogen and oxygen atoms in total. The Morgan fingerprint density at radius 3 is 2.00 bits per heavy atom. The molecule has 4 atom stereocenters. The van der Waals surface area contributed by atoms with E-state index in [1.165, 1.54) is 95.5 Å². The van der Waals surface area contributed by atoms with Gasteiger partial charge in [0.1, 0.15) is 5.82 Å². The van der Waals surface area contributed by atoms with Gasteiger partial charge in [-0.25, -0.2) is 4.39 Å². The van der Waals surface area contributed by atoms with Crippen molar-refractivity contribution in [3.63, 3.8) is 0 Å². The summed E-state index contributed by atoms with van der Waals surface area (Å²) in [5, 5.41) is 0. The number of fused-ring (bicyclic) bond motifs is 1. The van der Waals surface area contributed by atoms with Crippen LogP contribution < -0.4 is 0 Å². The van der Waals surface area contributed by atoms with Gasteiger partial charge in [0.05, 0.1) is 0 Å². The minimum Gasteiger partial charge on any atom is -0.207 e. The quantitative estimate of drug-likeness (QED) is 0.373. The molecule has 3 fully saturated rings. The van der Waals surface area contributed by atoms with E-state index in [1.54, 1.807) is 25.0 Å². The number of hydrogen-bond acceptors (Lipinski definition) is 0. The molecule has 168 valence electrons. The van der Waals surface area contributed by atoms with Gasteiger partial charge >= 0.3 is 0 Å². The van der Waals surface area contributed by atoms with E-state index in [9.17, 15) is 4.39 Å². The second-order valence-electron chi connectivity index (χ2n) is 11.1. The normalized spacial score (nSPS) is 34.5. The Morgan fingerprint density at radius 1 is 0.667 bits per heavy atom. The maximum absolute atomic E-state index is 13.2. The van der Waals surface area contributed by atoms with E-state index in [2.05, 4.69) is 6.92 Å². The zero-order chi connectivity index (χ0) is 20.8. The summed E-state index contributed by atoms with van der Waals surface area (Å²) in [6.45, 7) is 2.31. The molecule has 3 aliphatic rings. The van der Waals surface area contributed by atoms with Crippen molar-refractivity contribution in [2.75, 3.05) is 0 Å². The van der Waals surface area contributed by atoms with E-state index in [1.807, 2.05) is 12.1 Å². The Hall–Kier alpha value is -0.850. The summed E-state index contributed by atoms with van der Waals surface area (Å²) >= 11 is 0. The molecule has 1 heteroatoms. The van der Waals surface area contributed by atoms with Gasteiger partial charge in [0.15, 0.2) is 0 Å². The van der Waals surface area contributed by atoms with E-state index in [0.29, 0.717) is 5.92 Å². The highest BCUT2D eigenvalue weighted by atomic mass is 19.1. The van der Waals surface area contributed by atoms with Gasteiger partial charge in [0.2, 0.25) is 0 Å². The van der Waals surface area contributed by atoms with E-state index in [4.69, 9.17) is 0 Å². The predicted octanol–water partition coefficient (Wildman–Crippen LogP) is 9.29. The average molecular weight is 413 g/mol. The molecule has 4 rings (SSSR count). The monoisotopic (exact) mass is 412 g/mol. The molecule has 0 aromatic heterocycles. The van der Waals surface area contributed by atoms with Gasteiger partial charge in [-0.05, 0) is 111 Å². The lowest BCUT2D eigenvalue weighted by molar-refractivity contribution is 0.0613. The molecule has 0 radical (unpaired) electrons. The number of benzene rings is 1. The maximum atomic E-state index is 13.2. The van der Waals surface area contributed by atoms with Crippen molar-refractivity contribution >= 4 is 0 Å². The largest absolute Gasteiger partial charge is 0.207 e. The highest BCUT2D eigenvalue weighted by Gasteiger charge is 2.38. The Balaban J connectivity index is 1.18. The third-order valence-electron chi connectivity index (χ3n) is 9.26. The molecule has 3 saturated carbocycles. The van der Waals surface area contributed by atoms with Gasteiger partial charge in [-0.2, -0.15) is 0 Å². The summed E-state index contributed by atoms with van der Waals surface area (Å²) in [6.07, 6.45) is 23.4. The summed E-state index contributed by atoms with van der Waals surface area (Å²) in [7, 11) is 0. The molecular weight excluding hydrogens is 367 g/mol. The molecular formula is C29H45F. The molecule has 1 aromatic carbocycles. The first-order valence-corrected chi connectivity index (χ1v) is 13.5. The number of rotatable bonds is 8. The zero-order valence-electron chi connectivity index (χ0n) is 19.5. The van der Waals surface area contributed by atoms with Gasteiger partial charge < -0.3 is 0 Å². The first-order valence-electron chi connectivity index (χ1n) is 13.5. The van der Waals surface area contributed by atoms with Crippen molar-refractivity contribution < 1.29 is 4.39 Å². The van der Waals surface area contributed by atoms with Gasteiger partial charge in [0, 0.05) is 0 Å². The summed E-state index contributed by atoms with van der Waals surface area (Å²) < 4.78 is 13.2. The fourth-order valence-corrected chi connectivity index (χ4v) is 7.41. The Labute approximate surface area is 185 Å². The van der Waals surface area contributed by atoms with E-state index < -0.39 is 0 Å². The van der Waals surface area contributed by atoms with Crippen LogP contribution in [0.15, 0.2) is 24.3 Å². The van der Waals surface area contributed by atoms with Gasteiger partial charge in [-0.3, -0.25) is 0 Å². The van der Waals surface area contributed by atoms with E-state index in [0.717, 1.165) is 29.6 Å². The van der Waals surface area contributed by atoms with Crippen LogP contribution in [0.1, 0.15) is 121 Å². The number of halogens is 1. The highest BCUT2D eigenvalue weighted by Crippen LogP contribution is 2.50. The lowest BCUT2D eigenvalue weighted by Crippen LogP contribution is -2.34. The molecule has 0 saturated heterocycles. The van der Waals surface area contributed by atoms with Gasteiger partial charge in [-0.15, -0.1) is 0 Å². The van der Waals surface area contributed by atoms with E-state index >= 15 is 0 Å². The third-order valence-corrected chi connectivity index (χ3v) is 9.26. The van der Waals surface area contributed by atoms with Gasteiger partial charge in [-0.1, -0.05) is 64.0 Å². The fourth-order valence-electron chi connectivity index (χ4n) is 7.41. The molecule has 0 heterocycles. The number of hydrogen-bond donors (Lipinski definition) is 0. The van der Waals surface area contributed by atoms with E-state index in [-0.39, 0.29) is 5.82 Å². The lowest BCUT2D eigenvalue weighted by Gasteiger charge is -2.45. The second-order valence-corrected chi connectivity index (χ2v) is 11.1. The van der Waals surface area contributed by atoms with Crippen LogP contribution >= 0.6 is 0 Å². The van der Waals surface area contributed by atoms with Crippen LogP contribution in [0.2, 0.25) is 0 Å². The molecule has 0 N–H and O–H groups in total. The van der Waals surface area contributed by atoms with Crippen molar-refractivity contribution in [3.05, 3.63) is 35.6 Å². The van der Waals surface area contributed by atoms with Crippen molar-refractivity contribution in [2.24, 2.45) is 29.6 Å². The minimum atomic E-state index is -0.101. The Bertz CT molecular complexity index is 612. The van der Waals surface area contributed by atoms with Crippen molar-refractivity contribution in [1.29, 1.82) is 0 Å². The summed E-state index contributed by atoms with van der Waals surface area (Å²) in [5.41, 5.74) is 1.37. The average Bonchev–Trinajstić information content (AvgIpc) is 2.79. The molecule has 3 aliphatic carbocycles. The highest BCUT2D eigenvalue weighted by molar-refractivity contribution is 5.21. The van der Waals surface area contributed by atoms with Gasteiger partial charge in [0.25, 0.3) is 0 Å². The lowest BCUT2D eigenvalue weighted by atomic mass is 9.60. The fraction of sp³-hybridized carbons (Fsp3) is 0.793. The first kappa shape index (κ1) is 22.3. The smallest absolute Gasteiger partial charge is 0.123 e. The first-order chi connectivity index (χ1) is 14.7. The van der Waals surface area contributed by atoms with Crippen LogP contribution in [0.3, 0.4) is 0 Å². The topological polar surface area (TPSA) is 0 Å². The number of unbranched alkanes of at least 4 members (excludes halogenated alkanes) is 4. The van der Waals surface area contributed by atoms with Crippen molar-refractivity contribution in [3.8, 4) is 0 Å². The van der Waals surface area contributed by atoms with Crippen LogP contribution in [-0.2, 0) is 0 Å². The van der Waals surface area contributed by atoms with Crippen LogP contribution in [0, 0.1) is 35.4 Å². The van der Waals surface area contributed by atoms with Crippen molar-refractivity contribution in [2.45, 2.75) is 116 Å². The predicted molar refractivity (Wildman–Crippen MR) is 126 cm³/mol. The standard InChI is InChI=1S/C29H45F/c1-2-3-4-5-6-7-22-8-9-28-21-27(15-14-26(28)20-22)25-12-10-23(11-13-25)24-16-18-29(30)19-17-24/h16-19,22-23,25-28H,2-15,20-21H2,1H3. The van der Waals surface area contributed by atoms with Crippen LogP contribution in [0.4, 0.5) is 4.39 Å². The molecule has 0 spiro atoms. The Kier molecular flexibility index (Phi) is 8.30. The van der Waals surface area contributed by atoms with Crippen LogP contribution in [0.5, 0.6) is 0 Å². The molecule has 0 amide bonds. The van der Waals surface area contributed by atoms with Crippen molar-refractivity contribution in [1.82, 2.24) is 0 Å². The second kappa shape index (κ2) is 11.1. The summed E-state index contributed by atoms with van der Waals surface area (Å²) in [5.74, 6) is 5.71. The maximum Gasteiger partial charge on any atom is 0.123 e. The molecule has 1 aromatic rings. The Morgan fingerprint density at radius 2 is 1.27 bits per heavy atom. The third kappa shape index (κ3) is 5.89. The molecule has 30 heavy (non-hydrogen) atoms. The summed E-state index contributed by atoms with van der Waals surface area (Å²) in [4.78, 5) is 0. The SMILES string of the molecule is CCCCCCCC1CCC2CC(C3CCC(c4ccc(F)cc4)CC3)CCC2C1. The van der Waals surface area contributed by atoms with Crippen LogP contribution in [0.25, 0.3) is 0 Å². The molecule has 0 bridgehead atoms. The zero-order valence-corrected chi connectivity index (χ0v) is 19.5.